The summed E-state index contributed by atoms with van der Waals surface area (Å²) in [7, 11) is 2.62. The minimum absolute atomic E-state index is 0.233. The molecule has 0 aliphatic heterocycles. The molecule has 0 N–H and O–H groups in total. The van der Waals surface area contributed by atoms with Crippen LogP contribution in [0.2, 0.25) is 0 Å². The number of hydrogen-bond donors (Lipinski definition) is 0. The van der Waals surface area contributed by atoms with Crippen LogP contribution in [0.4, 0.5) is 0 Å². The zero-order chi connectivity index (χ0) is 18.0. The van der Waals surface area contributed by atoms with E-state index in [2.05, 4.69) is 0 Å². The Hall–Kier alpha value is -3.54. The molecule has 0 atom stereocenters. The van der Waals surface area contributed by atoms with Gasteiger partial charge in [-0.25, -0.2) is 9.59 Å². The SMILES string of the molecule is COC(=O)c1c(C(=O)OC)c2c3cn4ccccc4c3c3cccc1n32. The monoisotopic (exact) mass is 346 g/mol. The number of pyridine rings is 2. The number of esters is 2. The fourth-order valence-corrected chi connectivity index (χ4v) is 3.93. The van der Waals surface area contributed by atoms with Crippen molar-refractivity contribution in [3.63, 3.8) is 0 Å². The number of nitrogens with zero attached hydrogens (tertiary/aromatic N) is 2. The van der Waals surface area contributed by atoms with Gasteiger partial charge in [-0.1, -0.05) is 12.1 Å². The summed E-state index contributed by atoms with van der Waals surface area (Å²) >= 11 is 0. The summed E-state index contributed by atoms with van der Waals surface area (Å²) in [4.78, 5) is 25.1. The Labute approximate surface area is 147 Å². The summed E-state index contributed by atoms with van der Waals surface area (Å²) in [5.41, 5.74) is 3.74. The molecule has 6 heteroatoms. The van der Waals surface area contributed by atoms with Gasteiger partial charge >= 0.3 is 11.9 Å². The molecule has 26 heavy (non-hydrogen) atoms. The molecule has 5 aromatic rings. The van der Waals surface area contributed by atoms with Gasteiger partial charge in [0.05, 0.1) is 36.3 Å². The standard InChI is InChI=1S/C20H14N2O4/c1-25-19(23)16-14-8-5-7-13-15-11(10-21-9-4-3-6-12(15)21)18(22(13)14)17(16)20(24)26-2/h3-10H,1-2H3. The Balaban J connectivity index is 2.11. The minimum atomic E-state index is -0.557. The molecule has 128 valence electrons. The van der Waals surface area contributed by atoms with E-state index in [1.165, 1.54) is 14.2 Å². The molecule has 0 radical (unpaired) electrons. The van der Waals surface area contributed by atoms with Crippen molar-refractivity contribution in [2.45, 2.75) is 0 Å². The largest absolute Gasteiger partial charge is 0.465 e. The van der Waals surface area contributed by atoms with Gasteiger partial charge in [-0.05, 0) is 24.3 Å². The predicted octanol–water partition coefficient (Wildman–Crippen LogP) is 3.51. The predicted molar refractivity (Wildman–Crippen MR) is 97.2 cm³/mol. The lowest BCUT2D eigenvalue weighted by atomic mass is 10.1. The molecule has 0 aliphatic carbocycles. The highest BCUT2D eigenvalue weighted by molar-refractivity contribution is 6.25. The van der Waals surface area contributed by atoms with Crippen LogP contribution in [0, 0.1) is 0 Å². The van der Waals surface area contributed by atoms with Gasteiger partial charge in [-0.15, -0.1) is 0 Å². The molecule has 0 unspecified atom stereocenters. The van der Waals surface area contributed by atoms with Crippen molar-refractivity contribution >= 4 is 44.8 Å². The average molecular weight is 346 g/mol. The number of carbonyl (C=O) groups excluding carboxylic acids is 2. The van der Waals surface area contributed by atoms with E-state index in [1.54, 1.807) is 0 Å². The average Bonchev–Trinajstić information content (AvgIpc) is 3.31. The summed E-state index contributed by atoms with van der Waals surface area (Å²) in [5.74, 6) is -1.11. The first-order valence-corrected chi connectivity index (χ1v) is 8.12. The first-order chi connectivity index (χ1) is 12.7. The van der Waals surface area contributed by atoms with Gasteiger partial charge < -0.3 is 18.3 Å². The zero-order valence-corrected chi connectivity index (χ0v) is 14.1. The molecule has 0 spiro atoms. The lowest BCUT2D eigenvalue weighted by Gasteiger charge is -2.02. The molecule has 0 amide bonds. The van der Waals surface area contributed by atoms with E-state index >= 15 is 0 Å². The van der Waals surface area contributed by atoms with Crippen LogP contribution >= 0.6 is 0 Å². The summed E-state index contributed by atoms with van der Waals surface area (Å²) in [6.07, 6.45) is 3.93. The maximum Gasteiger partial charge on any atom is 0.340 e. The highest BCUT2D eigenvalue weighted by atomic mass is 16.5. The molecule has 0 fully saturated rings. The molecule has 0 saturated heterocycles. The molecule has 0 aliphatic rings. The van der Waals surface area contributed by atoms with Crippen molar-refractivity contribution in [3.8, 4) is 0 Å². The maximum atomic E-state index is 12.6. The normalized spacial score (nSPS) is 11.8. The zero-order valence-electron chi connectivity index (χ0n) is 14.1. The van der Waals surface area contributed by atoms with Crippen LogP contribution in [0.15, 0.2) is 48.8 Å². The number of aromatic nitrogens is 2. The molecule has 5 rings (SSSR count). The molecule has 5 heterocycles. The van der Waals surface area contributed by atoms with E-state index in [1.807, 2.05) is 57.6 Å². The highest BCUT2D eigenvalue weighted by Crippen LogP contribution is 2.40. The van der Waals surface area contributed by atoms with E-state index < -0.39 is 11.9 Å². The van der Waals surface area contributed by atoms with Crippen LogP contribution in [-0.4, -0.2) is 35.0 Å². The van der Waals surface area contributed by atoms with E-state index in [9.17, 15) is 9.59 Å². The minimum Gasteiger partial charge on any atom is -0.465 e. The number of carbonyl (C=O) groups is 2. The first kappa shape index (κ1) is 14.8. The van der Waals surface area contributed by atoms with Crippen molar-refractivity contribution in [1.82, 2.24) is 8.80 Å². The Morgan fingerprint density at radius 1 is 0.846 bits per heavy atom. The fourth-order valence-electron chi connectivity index (χ4n) is 3.93. The summed E-state index contributed by atoms with van der Waals surface area (Å²) in [5, 5.41) is 1.93. The van der Waals surface area contributed by atoms with Crippen molar-refractivity contribution in [1.29, 1.82) is 0 Å². The topological polar surface area (TPSA) is 61.4 Å². The van der Waals surface area contributed by atoms with Gasteiger partial charge in [-0.3, -0.25) is 0 Å². The molecule has 0 aromatic carbocycles. The lowest BCUT2D eigenvalue weighted by Crippen LogP contribution is -2.09. The van der Waals surface area contributed by atoms with Gasteiger partial charge in [0, 0.05) is 23.2 Å². The number of rotatable bonds is 2. The van der Waals surface area contributed by atoms with Crippen LogP contribution in [0.3, 0.4) is 0 Å². The van der Waals surface area contributed by atoms with Crippen LogP contribution < -0.4 is 0 Å². The van der Waals surface area contributed by atoms with Crippen LogP contribution in [0.1, 0.15) is 20.7 Å². The Morgan fingerprint density at radius 3 is 2.31 bits per heavy atom. The maximum absolute atomic E-state index is 12.6. The number of methoxy groups -OCH3 is 2. The number of hydrogen-bond acceptors (Lipinski definition) is 4. The quantitative estimate of drug-likeness (QED) is 0.459. The molecular weight excluding hydrogens is 332 g/mol. The number of ether oxygens (including phenoxy) is 2. The van der Waals surface area contributed by atoms with Crippen molar-refractivity contribution in [3.05, 3.63) is 59.9 Å². The van der Waals surface area contributed by atoms with E-state index in [-0.39, 0.29) is 11.1 Å². The fraction of sp³-hybridized carbons (Fsp3) is 0.100. The second kappa shape index (κ2) is 4.98. The van der Waals surface area contributed by atoms with Crippen LogP contribution in [0.5, 0.6) is 0 Å². The smallest absolute Gasteiger partial charge is 0.340 e. The van der Waals surface area contributed by atoms with E-state index in [0.717, 1.165) is 21.8 Å². The third-order valence-corrected chi connectivity index (χ3v) is 4.93. The summed E-state index contributed by atoms with van der Waals surface area (Å²) < 4.78 is 13.9. The van der Waals surface area contributed by atoms with Crippen LogP contribution in [0.25, 0.3) is 32.8 Å². The van der Waals surface area contributed by atoms with E-state index in [4.69, 9.17) is 9.47 Å². The second-order valence-electron chi connectivity index (χ2n) is 6.12. The van der Waals surface area contributed by atoms with Gasteiger partial charge in [0.15, 0.2) is 0 Å². The van der Waals surface area contributed by atoms with Gasteiger partial charge in [0.2, 0.25) is 0 Å². The molecule has 5 aromatic heterocycles. The van der Waals surface area contributed by atoms with Gasteiger partial charge in [0.1, 0.15) is 11.1 Å². The third-order valence-electron chi connectivity index (χ3n) is 4.93. The molecule has 0 saturated carbocycles. The first-order valence-electron chi connectivity index (χ1n) is 8.12. The Bertz CT molecular complexity index is 1340. The Kier molecular flexibility index (Phi) is 2.83. The van der Waals surface area contributed by atoms with Crippen molar-refractivity contribution < 1.29 is 19.1 Å². The van der Waals surface area contributed by atoms with E-state index in [0.29, 0.717) is 11.0 Å². The van der Waals surface area contributed by atoms with Crippen LogP contribution in [-0.2, 0) is 9.47 Å². The van der Waals surface area contributed by atoms with Gasteiger partial charge in [-0.2, -0.15) is 0 Å². The molecule has 6 nitrogen and oxygen atoms in total. The third kappa shape index (κ3) is 1.61. The highest BCUT2D eigenvalue weighted by Gasteiger charge is 2.31. The lowest BCUT2D eigenvalue weighted by molar-refractivity contribution is 0.0559. The summed E-state index contributed by atoms with van der Waals surface area (Å²) in [6, 6.07) is 11.6. The van der Waals surface area contributed by atoms with Crippen molar-refractivity contribution in [2.24, 2.45) is 0 Å². The Morgan fingerprint density at radius 2 is 1.54 bits per heavy atom. The van der Waals surface area contributed by atoms with Gasteiger partial charge in [0.25, 0.3) is 0 Å². The molecular formula is C20H14N2O4. The second-order valence-corrected chi connectivity index (χ2v) is 6.12. The molecule has 0 bridgehead atoms. The number of fused-ring (bicyclic) bond motifs is 5. The van der Waals surface area contributed by atoms with Crippen molar-refractivity contribution in [2.75, 3.05) is 14.2 Å². The summed E-state index contributed by atoms with van der Waals surface area (Å²) in [6.45, 7) is 0.